The van der Waals surface area contributed by atoms with E-state index in [9.17, 15) is 14.4 Å². The van der Waals surface area contributed by atoms with Crippen LogP contribution in [-0.4, -0.2) is 102 Å². The lowest BCUT2D eigenvalue weighted by molar-refractivity contribution is 0.0428. The average Bonchev–Trinajstić information content (AvgIpc) is 3.30. The van der Waals surface area contributed by atoms with E-state index in [-0.39, 0.29) is 6.03 Å². The number of alkyl halides is 1. The highest BCUT2D eigenvalue weighted by Gasteiger charge is 2.31. The average molecular weight is 531 g/mol. The zero-order valence-corrected chi connectivity index (χ0v) is 23.0. The summed E-state index contributed by atoms with van der Waals surface area (Å²) in [4.78, 5) is 25.1. The molecule has 0 aromatic carbocycles. The van der Waals surface area contributed by atoms with E-state index in [0.29, 0.717) is 51.0 Å². The molecule has 0 saturated carbocycles. The van der Waals surface area contributed by atoms with Crippen molar-refractivity contribution in [2.45, 2.75) is 32.2 Å². The van der Waals surface area contributed by atoms with Crippen molar-refractivity contribution in [3.05, 3.63) is 23.5 Å². The van der Waals surface area contributed by atoms with E-state index in [2.05, 4.69) is 22.0 Å². The fourth-order valence-corrected chi connectivity index (χ4v) is 5.48. The number of amidine groups is 1. The summed E-state index contributed by atoms with van der Waals surface area (Å²) < 4.78 is 21.8. The maximum atomic E-state index is 14.6. The zero-order chi connectivity index (χ0) is 26.7. The standard InChI is InChI=1S/C25H35FN8O2S/c1-6-20-22(30(5)23(28-4)37-25(3,26)17-27)21-16-19(15-18(2)34(21)29-20)31-7-9-32(10-8-31)24(35)33-11-13-36-14-12-33/h15-16H,6-14H2,1-5H3/b28-23-. The lowest BCUT2D eigenvalue weighted by Gasteiger charge is -2.39. The molecule has 12 heteroatoms. The first-order chi connectivity index (χ1) is 17.7. The number of pyridine rings is 1. The van der Waals surface area contributed by atoms with Gasteiger partial charge in [-0.25, -0.2) is 13.7 Å². The predicted molar refractivity (Wildman–Crippen MR) is 145 cm³/mol. The molecule has 2 aliphatic heterocycles. The number of amides is 2. The van der Waals surface area contributed by atoms with Crippen molar-refractivity contribution in [2.24, 2.45) is 4.99 Å². The molecule has 0 spiro atoms. The molecule has 2 aromatic heterocycles. The van der Waals surface area contributed by atoms with E-state index in [1.807, 2.05) is 40.1 Å². The molecule has 0 aliphatic carbocycles. The van der Waals surface area contributed by atoms with Crippen molar-refractivity contribution in [3.63, 3.8) is 0 Å². The summed E-state index contributed by atoms with van der Waals surface area (Å²) in [5.74, 6) is 0. The molecule has 2 saturated heterocycles. The van der Waals surface area contributed by atoms with Gasteiger partial charge >= 0.3 is 6.03 Å². The summed E-state index contributed by atoms with van der Waals surface area (Å²) in [6.45, 7) is 10.5. The van der Waals surface area contributed by atoms with Gasteiger partial charge in [0.1, 0.15) is 6.07 Å². The number of piperazine rings is 1. The molecule has 2 amide bonds. The first-order valence-corrected chi connectivity index (χ1v) is 13.4. The minimum absolute atomic E-state index is 0.0861. The number of nitrogens with zero attached hydrogens (tertiary/aromatic N) is 8. The van der Waals surface area contributed by atoms with Crippen LogP contribution in [-0.2, 0) is 11.2 Å². The van der Waals surface area contributed by atoms with Gasteiger partial charge in [-0.05, 0) is 44.2 Å². The number of thioether (sulfide) groups is 1. The van der Waals surface area contributed by atoms with Gasteiger partial charge in [0, 0.05) is 64.7 Å². The van der Waals surface area contributed by atoms with Gasteiger partial charge in [-0.2, -0.15) is 10.4 Å². The van der Waals surface area contributed by atoms with Crippen LogP contribution in [0.1, 0.15) is 25.2 Å². The Balaban J connectivity index is 1.59. The number of carbonyl (C=O) groups excluding carboxylic acids is 1. The third kappa shape index (κ3) is 5.62. The largest absolute Gasteiger partial charge is 0.378 e. The fourth-order valence-electron chi connectivity index (χ4n) is 4.78. The maximum absolute atomic E-state index is 14.6. The van der Waals surface area contributed by atoms with Crippen LogP contribution in [0.15, 0.2) is 17.1 Å². The molecule has 200 valence electrons. The second-order valence-electron chi connectivity index (χ2n) is 9.35. The number of nitriles is 1. The third-order valence-corrected chi connectivity index (χ3v) is 7.88. The number of hydrogen-bond donors (Lipinski definition) is 0. The Morgan fingerprint density at radius 3 is 2.49 bits per heavy atom. The summed E-state index contributed by atoms with van der Waals surface area (Å²) in [5.41, 5.74) is 4.62. The van der Waals surface area contributed by atoms with E-state index in [1.54, 1.807) is 13.1 Å². The van der Waals surface area contributed by atoms with Crippen LogP contribution in [0.5, 0.6) is 0 Å². The molecule has 1 atom stereocenters. The van der Waals surface area contributed by atoms with Gasteiger partial charge in [-0.15, -0.1) is 0 Å². The zero-order valence-electron chi connectivity index (χ0n) is 22.2. The summed E-state index contributed by atoms with van der Waals surface area (Å²) >= 11 is 0.784. The molecule has 0 N–H and O–H groups in total. The number of anilines is 2. The number of urea groups is 1. The van der Waals surface area contributed by atoms with Crippen molar-refractivity contribution in [2.75, 3.05) is 76.4 Å². The van der Waals surface area contributed by atoms with Crippen LogP contribution in [0, 0.1) is 18.3 Å². The van der Waals surface area contributed by atoms with Crippen LogP contribution in [0.3, 0.4) is 0 Å². The molecule has 0 bridgehead atoms. The van der Waals surface area contributed by atoms with Crippen molar-refractivity contribution in [3.8, 4) is 6.07 Å². The van der Waals surface area contributed by atoms with Gasteiger partial charge in [-0.1, -0.05) is 6.92 Å². The monoisotopic (exact) mass is 530 g/mol. The molecule has 2 aliphatic rings. The van der Waals surface area contributed by atoms with Crippen LogP contribution in [0.2, 0.25) is 0 Å². The topological polar surface area (TPSA) is 92.7 Å². The molecule has 4 rings (SSSR count). The van der Waals surface area contributed by atoms with Crippen LogP contribution >= 0.6 is 11.8 Å². The molecule has 0 radical (unpaired) electrons. The Morgan fingerprint density at radius 2 is 1.89 bits per heavy atom. The van der Waals surface area contributed by atoms with Crippen molar-refractivity contribution >= 4 is 39.9 Å². The number of aryl methyl sites for hydroxylation is 2. The SMILES string of the molecule is CCc1nn2c(C)cc(N3CCN(C(=O)N4CCOCC4)CC3)cc2c1N(C)/C(=N/C)SC(C)(F)C#N. The summed E-state index contributed by atoms with van der Waals surface area (Å²) in [6, 6.07) is 5.99. The van der Waals surface area contributed by atoms with Gasteiger partial charge in [0.2, 0.25) is 5.00 Å². The van der Waals surface area contributed by atoms with Gasteiger partial charge in [0.05, 0.1) is 30.1 Å². The quantitative estimate of drug-likeness (QED) is 0.443. The minimum atomic E-state index is -2.10. The highest BCUT2D eigenvalue weighted by atomic mass is 32.2. The van der Waals surface area contributed by atoms with Gasteiger partial charge < -0.3 is 24.3 Å². The van der Waals surface area contributed by atoms with E-state index >= 15 is 0 Å². The number of hydrogen-bond acceptors (Lipinski definition) is 7. The Bertz CT molecular complexity index is 1210. The van der Waals surface area contributed by atoms with Crippen LogP contribution in [0.25, 0.3) is 5.52 Å². The number of aromatic nitrogens is 2. The second kappa shape index (κ2) is 11.1. The van der Waals surface area contributed by atoms with Gasteiger partial charge in [0.15, 0.2) is 5.17 Å². The van der Waals surface area contributed by atoms with E-state index in [0.717, 1.165) is 53.1 Å². The summed E-state index contributed by atoms with van der Waals surface area (Å²) in [5, 5.41) is 12.3. The molecule has 2 aromatic rings. The van der Waals surface area contributed by atoms with Crippen molar-refractivity contribution < 1.29 is 13.9 Å². The smallest absolute Gasteiger partial charge is 0.320 e. The first kappa shape index (κ1) is 27.0. The van der Waals surface area contributed by atoms with Gasteiger partial charge in [-0.3, -0.25) is 4.99 Å². The number of fused-ring (bicyclic) bond motifs is 1. The third-order valence-electron chi connectivity index (χ3n) is 6.77. The Hall–Kier alpha value is -3.04. The van der Waals surface area contributed by atoms with Crippen LogP contribution in [0.4, 0.5) is 20.6 Å². The Kier molecular flexibility index (Phi) is 8.14. The normalized spacial score (nSPS) is 18.6. The van der Waals surface area contributed by atoms with Crippen molar-refractivity contribution in [1.29, 1.82) is 5.26 Å². The molecule has 37 heavy (non-hydrogen) atoms. The maximum Gasteiger partial charge on any atom is 0.320 e. The number of aliphatic imine (C=N–C) groups is 1. The Labute approximate surface area is 221 Å². The molecule has 2 fully saturated rings. The highest BCUT2D eigenvalue weighted by molar-refractivity contribution is 8.15. The molecule has 1 unspecified atom stereocenters. The van der Waals surface area contributed by atoms with Crippen molar-refractivity contribution in [1.82, 2.24) is 19.4 Å². The number of carbonyl (C=O) groups is 1. The number of rotatable bonds is 4. The van der Waals surface area contributed by atoms with Crippen LogP contribution < -0.4 is 9.80 Å². The number of halogens is 1. The fraction of sp³-hybridized carbons (Fsp3) is 0.600. The predicted octanol–water partition coefficient (Wildman–Crippen LogP) is 3.14. The van der Waals surface area contributed by atoms with E-state index < -0.39 is 5.00 Å². The minimum Gasteiger partial charge on any atom is -0.378 e. The first-order valence-electron chi connectivity index (χ1n) is 12.6. The molecule has 4 heterocycles. The Morgan fingerprint density at radius 1 is 1.24 bits per heavy atom. The highest BCUT2D eigenvalue weighted by Crippen LogP contribution is 2.35. The number of morpholine rings is 1. The lowest BCUT2D eigenvalue weighted by Crippen LogP contribution is -2.54. The molecule has 10 nitrogen and oxygen atoms in total. The molecular weight excluding hydrogens is 495 g/mol. The lowest BCUT2D eigenvalue weighted by atomic mass is 10.2. The van der Waals surface area contributed by atoms with E-state index in [1.165, 1.54) is 6.92 Å². The van der Waals surface area contributed by atoms with E-state index in [4.69, 9.17) is 9.84 Å². The van der Waals surface area contributed by atoms with Gasteiger partial charge in [0.25, 0.3) is 0 Å². The summed E-state index contributed by atoms with van der Waals surface area (Å²) in [7, 11) is 3.43. The second-order valence-corrected chi connectivity index (χ2v) is 10.7. The molecular formula is C25H35FN8O2S. The number of ether oxygens (including phenoxy) is 1. The summed E-state index contributed by atoms with van der Waals surface area (Å²) in [6.07, 6.45) is 0.686.